The summed E-state index contributed by atoms with van der Waals surface area (Å²) in [6.45, 7) is 2.63. The van der Waals surface area contributed by atoms with Gasteiger partial charge in [-0.2, -0.15) is 0 Å². The molecule has 4 heteroatoms. The Hall–Kier alpha value is -2.36. The highest BCUT2D eigenvalue weighted by molar-refractivity contribution is 5.85. The monoisotopic (exact) mass is 273 g/mol. The van der Waals surface area contributed by atoms with Crippen molar-refractivity contribution >= 4 is 11.9 Å². The molecular formula is C16H16FNO2. The fourth-order valence-electron chi connectivity index (χ4n) is 1.61. The van der Waals surface area contributed by atoms with E-state index in [0.717, 1.165) is 6.42 Å². The van der Waals surface area contributed by atoms with E-state index in [1.54, 1.807) is 30.3 Å². The molecule has 2 aromatic carbocycles. The molecule has 0 saturated heterocycles. The van der Waals surface area contributed by atoms with Gasteiger partial charge in [-0.15, -0.1) is 0 Å². The Bertz CT molecular complexity index is 594. The lowest BCUT2D eigenvalue weighted by Crippen LogP contribution is -1.95. The molecule has 0 radical (unpaired) electrons. The van der Waals surface area contributed by atoms with E-state index in [-0.39, 0.29) is 11.6 Å². The Morgan fingerprint density at radius 1 is 1.20 bits per heavy atom. The van der Waals surface area contributed by atoms with Crippen LogP contribution in [0.3, 0.4) is 0 Å². The second-order valence-electron chi connectivity index (χ2n) is 4.30. The molecule has 0 fully saturated rings. The smallest absolute Gasteiger partial charge is 0.128 e. The highest BCUT2D eigenvalue weighted by atomic mass is 19.1. The third-order valence-corrected chi connectivity index (χ3v) is 2.65. The van der Waals surface area contributed by atoms with Crippen LogP contribution in [0.25, 0.3) is 0 Å². The number of hydrogen-bond acceptors (Lipinski definition) is 3. The normalized spacial score (nSPS) is 10.9. The van der Waals surface area contributed by atoms with Crippen molar-refractivity contribution in [2.45, 2.75) is 13.3 Å². The summed E-state index contributed by atoms with van der Waals surface area (Å²) in [7, 11) is 0. The average molecular weight is 273 g/mol. The molecule has 0 saturated carbocycles. The molecule has 0 bridgehead atoms. The van der Waals surface area contributed by atoms with Crippen molar-refractivity contribution < 1.29 is 14.2 Å². The summed E-state index contributed by atoms with van der Waals surface area (Å²) in [6.07, 6.45) is 2.45. The van der Waals surface area contributed by atoms with E-state index in [9.17, 15) is 9.50 Å². The summed E-state index contributed by atoms with van der Waals surface area (Å²) < 4.78 is 18.2. The SMILES string of the molecule is CCCOc1ccc(C=Nc2ccc(F)cc2)c(O)c1. The van der Waals surface area contributed by atoms with Crippen molar-refractivity contribution in [1.82, 2.24) is 0 Å². The van der Waals surface area contributed by atoms with Gasteiger partial charge in [0.25, 0.3) is 0 Å². The number of aliphatic imine (C=N–C) groups is 1. The van der Waals surface area contributed by atoms with Gasteiger partial charge in [-0.25, -0.2) is 4.39 Å². The van der Waals surface area contributed by atoms with E-state index in [2.05, 4.69) is 4.99 Å². The summed E-state index contributed by atoms with van der Waals surface area (Å²) >= 11 is 0. The fourth-order valence-corrected chi connectivity index (χ4v) is 1.61. The van der Waals surface area contributed by atoms with Crippen LogP contribution in [0.2, 0.25) is 0 Å². The Morgan fingerprint density at radius 3 is 2.60 bits per heavy atom. The van der Waals surface area contributed by atoms with Crippen molar-refractivity contribution in [3.8, 4) is 11.5 Å². The molecule has 20 heavy (non-hydrogen) atoms. The van der Waals surface area contributed by atoms with Crippen LogP contribution in [0.15, 0.2) is 47.5 Å². The van der Waals surface area contributed by atoms with E-state index in [0.29, 0.717) is 23.6 Å². The van der Waals surface area contributed by atoms with Gasteiger partial charge in [-0.3, -0.25) is 4.99 Å². The predicted molar refractivity (Wildman–Crippen MR) is 77.5 cm³/mol. The molecule has 0 atom stereocenters. The average Bonchev–Trinajstić information content (AvgIpc) is 2.46. The Kier molecular flexibility index (Phi) is 4.71. The van der Waals surface area contributed by atoms with Gasteiger partial charge in [0.1, 0.15) is 17.3 Å². The van der Waals surface area contributed by atoms with Gasteiger partial charge in [0.2, 0.25) is 0 Å². The molecule has 0 spiro atoms. The summed E-state index contributed by atoms with van der Waals surface area (Å²) in [4.78, 5) is 4.18. The number of nitrogens with zero attached hydrogens (tertiary/aromatic N) is 1. The van der Waals surface area contributed by atoms with E-state index in [1.165, 1.54) is 18.3 Å². The molecule has 0 aliphatic heterocycles. The third-order valence-electron chi connectivity index (χ3n) is 2.65. The molecule has 0 aromatic heterocycles. The number of benzene rings is 2. The van der Waals surface area contributed by atoms with Gasteiger partial charge < -0.3 is 9.84 Å². The maximum atomic E-state index is 12.8. The van der Waals surface area contributed by atoms with Crippen LogP contribution >= 0.6 is 0 Å². The fraction of sp³-hybridized carbons (Fsp3) is 0.188. The van der Waals surface area contributed by atoms with E-state index >= 15 is 0 Å². The van der Waals surface area contributed by atoms with Gasteiger partial charge in [-0.1, -0.05) is 6.92 Å². The number of phenolic OH excluding ortho intramolecular Hbond substituents is 1. The largest absolute Gasteiger partial charge is 0.507 e. The highest BCUT2D eigenvalue weighted by Crippen LogP contribution is 2.23. The second kappa shape index (κ2) is 6.70. The molecule has 104 valence electrons. The standard InChI is InChI=1S/C16H16FNO2/c1-2-9-20-15-8-3-12(16(19)10-15)11-18-14-6-4-13(17)5-7-14/h3-8,10-11,19H,2,9H2,1H3. The summed E-state index contributed by atoms with van der Waals surface area (Å²) in [5, 5.41) is 9.88. The van der Waals surface area contributed by atoms with Crippen molar-refractivity contribution in [1.29, 1.82) is 0 Å². The molecule has 0 aliphatic rings. The minimum Gasteiger partial charge on any atom is -0.507 e. The first-order valence-corrected chi connectivity index (χ1v) is 6.44. The van der Waals surface area contributed by atoms with Crippen molar-refractivity contribution in [2.24, 2.45) is 4.99 Å². The quantitative estimate of drug-likeness (QED) is 0.834. The Labute approximate surface area is 117 Å². The van der Waals surface area contributed by atoms with Crippen LogP contribution < -0.4 is 4.74 Å². The first kappa shape index (κ1) is 14.1. The Balaban J connectivity index is 2.11. The van der Waals surface area contributed by atoms with Crippen LogP contribution in [0.5, 0.6) is 11.5 Å². The summed E-state index contributed by atoms with van der Waals surface area (Å²) in [6, 6.07) is 10.9. The van der Waals surface area contributed by atoms with Gasteiger partial charge in [0.05, 0.1) is 12.3 Å². The van der Waals surface area contributed by atoms with Crippen LogP contribution in [0.1, 0.15) is 18.9 Å². The molecule has 2 aromatic rings. The number of aromatic hydroxyl groups is 1. The molecular weight excluding hydrogens is 257 g/mol. The molecule has 0 amide bonds. The molecule has 1 N–H and O–H groups in total. The first-order chi connectivity index (χ1) is 9.69. The van der Waals surface area contributed by atoms with E-state index in [1.807, 2.05) is 6.92 Å². The number of phenols is 1. The van der Waals surface area contributed by atoms with Gasteiger partial charge in [0.15, 0.2) is 0 Å². The summed E-state index contributed by atoms with van der Waals surface area (Å²) in [5.41, 5.74) is 1.20. The van der Waals surface area contributed by atoms with E-state index in [4.69, 9.17) is 4.74 Å². The lowest BCUT2D eigenvalue weighted by atomic mass is 10.2. The number of halogens is 1. The number of hydrogen-bond donors (Lipinski definition) is 1. The molecule has 0 unspecified atom stereocenters. The van der Waals surface area contributed by atoms with Crippen molar-refractivity contribution in [3.05, 3.63) is 53.8 Å². The lowest BCUT2D eigenvalue weighted by Gasteiger charge is -2.06. The zero-order valence-electron chi connectivity index (χ0n) is 11.2. The maximum absolute atomic E-state index is 12.8. The maximum Gasteiger partial charge on any atom is 0.128 e. The number of rotatable bonds is 5. The topological polar surface area (TPSA) is 41.8 Å². The van der Waals surface area contributed by atoms with Gasteiger partial charge >= 0.3 is 0 Å². The van der Waals surface area contributed by atoms with Crippen molar-refractivity contribution in [2.75, 3.05) is 6.61 Å². The zero-order valence-corrected chi connectivity index (χ0v) is 11.2. The second-order valence-corrected chi connectivity index (χ2v) is 4.30. The van der Waals surface area contributed by atoms with Crippen molar-refractivity contribution in [3.63, 3.8) is 0 Å². The molecule has 0 heterocycles. The van der Waals surface area contributed by atoms with Gasteiger partial charge in [-0.05, 0) is 42.8 Å². The highest BCUT2D eigenvalue weighted by Gasteiger charge is 2.01. The molecule has 2 rings (SSSR count). The first-order valence-electron chi connectivity index (χ1n) is 6.44. The van der Waals surface area contributed by atoms with E-state index < -0.39 is 0 Å². The minimum atomic E-state index is -0.302. The van der Waals surface area contributed by atoms with Crippen LogP contribution in [0, 0.1) is 5.82 Å². The van der Waals surface area contributed by atoms with Gasteiger partial charge in [0, 0.05) is 17.8 Å². The minimum absolute atomic E-state index is 0.101. The lowest BCUT2D eigenvalue weighted by molar-refractivity contribution is 0.315. The third kappa shape index (κ3) is 3.82. The summed E-state index contributed by atoms with van der Waals surface area (Å²) in [5.74, 6) is 0.428. The van der Waals surface area contributed by atoms with Crippen LogP contribution in [-0.4, -0.2) is 17.9 Å². The predicted octanol–water partition coefficient (Wildman–Crippen LogP) is 4.07. The Morgan fingerprint density at radius 2 is 1.95 bits per heavy atom. The molecule has 3 nitrogen and oxygen atoms in total. The molecule has 0 aliphatic carbocycles. The zero-order chi connectivity index (χ0) is 14.4. The van der Waals surface area contributed by atoms with Crippen LogP contribution in [-0.2, 0) is 0 Å². The van der Waals surface area contributed by atoms with Crippen LogP contribution in [0.4, 0.5) is 10.1 Å². The number of ether oxygens (including phenoxy) is 1.